The maximum atomic E-state index is 13.7. The van der Waals surface area contributed by atoms with Crippen LogP contribution >= 0.6 is 0 Å². The Hall–Kier alpha value is -1.26. The van der Waals surface area contributed by atoms with Gasteiger partial charge in [0.1, 0.15) is 24.7 Å². The molecule has 48 heavy (non-hydrogen) atoms. The molecule has 3 fully saturated rings. The monoisotopic (exact) mass is 688 g/mol. The molecule has 3 heterocycles. The van der Waals surface area contributed by atoms with Crippen molar-refractivity contribution in [1.29, 1.82) is 0 Å². The second-order valence-electron chi connectivity index (χ2n) is 15.1. The van der Waals surface area contributed by atoms with Crippen LogP contribution in [0.25, 0.3) is 0 Å². The minimum atomic E-state index is -1.05. The van der Waals surface area contributed by atoms with Crippen LogP contribution in [0, 0.1) is 29.6 Å². The maximum absolute atomic E-state index is 13.7. The quantitative estimate of drug-likeness (QED) is 0.379. The Morgan fingerprint density at radius 1 is 0.917 bits per heavy atom. The van der Waals surface area contributed by atoms with Gasteiger partial charge in [0.2, 0.25) is 0 Å². The van der Waals surface area contributed by atoms with Crippen LogP contribution in [0.15, 0.2) is 0 Å². The lowest BCUT2D eigenvalue weighted by Crippen LogP contribution is -2.58. The van der Waals surface area contributed by atoms with Crippen molar-refractivity contribution in [2.24, 2.45) is 29.6 Å². The number of aliphatic hydroxyl groups is 2. The molecule has 13 heteroatoms. The first-order valence-corrected chi connectivity index (χ1v) is 17.5. The molecule has 2 unspecified atom stereocenters. The molecule has 0 aliphatic carbocycles. The Kier molecular flexibility index (Phi) is 15.3. The van der Waals surface area contributed by atoms with Crippen LogP contribution < -0.4 is 0 Å². The third-order valence-corrected chi connectivity index (χ3v) is 10.9. The SMILES string of the molecule is CO[C@@H]1C[C@H](N(C)C)[C@@H](O)C(O[C@@H]2[C@@H](C)[C@H](OC3C[C@@](C)(OC)[C@@H](O)[C@H](C)O3)[C@@H](C)C(=O)OCN(C)CC[C@@H](C)C(=O)[C@H](C)C[C@H]2C)O1. The average molecular weight is 689 g/mol. The van der Waals surface area contributed by atoms with Crippen molar-refractivity contribution in [3.63, 3.8) is 0 Å². The number of carbonyl (C=O) groups is 2. The Bertz CT molecular complexity index is 1030. The Morgan fingerprint density at radius 3 is 2.19 bits per heavy atom. The number of Topliss-reactive ketones (excluding diaryl/α,β-unsaturated/α-hetero) is 1. The molecule has 0 radical (unpaired) electrons. The third-order valence-electron chi connectivity index (χ3n) is 10.9. The number of hydrogen-bond acceptors (Lipinski definition) is 13. The zero-order valence-corrected chi connectivity index (χ0v) is 31.3. The summed E-state index contributed by atoms with van der Waals surface area (Å²) in [5.74, 6) is -2.18. The number of esters is 1. The van der Waals surface area contributed by atoms with Crippen molar-refractivity contribution in [2.45, 2.75) is 135 Å². The van der Waals surface area contributed by atoms with Gasteiger partial charge in [-0.05, 0) is 60.7 Å². The number of rotatable bonds is 7. The van der Waals surface area contributed by atoms with Gasteiger partial charge in [0, 0.05) is 57.4 Å². The molecule has 3 aliphatic rings. The normalized spacial score (nSPS) is 45.0. The van der Waals surface area contributed by atoms with E-state index in [9.17, 15) is 19.8 Å². The first-order valence-electron chi connectivity index (χ1n) is 17.5. The molecular formula is C35H64N2O11. The number of hydrogen-bond donors (Lipinski definition) is 2. The molecule has 2 N–H and O–H groups in total. The fraction of sp³-hybridized carbons (Fsp3) is 0.943. The van der Waals surface area contributed by atoms with Gasteiger partial charge in [0.25, 0.3) is 0 Å². The molecule has 0 spiro atoms. The zero-order chi connectivity index (χ0) is 36.1. The fourth-order valence-corrected chi connectivity index (χ4v) is 7.52. The van der Waals surface area contributed by atoms with Crippen LogP contribution in [-0.4, -0.2) is 141 Å². The lowest BCUT2D eigenvalue weighted by molar-refractivity contribution is -0.331. The van der Waals surface area contributed by atoms with Crippen molar-refractivity contribution < 1.29 is 53.0 Å². The van der Waals surface area contributed by atoms with Gasteiger partial charge >= 0.3 is 5.97 Å². The number of likely N-dealkylation sites (N-methyl/N-ethyl adjacent to an activating group) is 1. The van der Waals surface area contributed by atoms with E-state index in [1.807, 2.05) is 65.6 Å². The van der Waals surface area contributed by atoms with E-state index >= 15 is 0 Å². The predicted molar refractivity (Wildman–Crippen MR) is 178 cm³/mol. The maximum Gasteiger partial charge on any atom is 0.312 e. The summed E-state index contributed by atoms with van der Waals surface area (Å²) in [5, 5.41) is 22.3. The molecule has 0 aromatic carbocycles. The standard InChI is InChI=1S/C35H64N2O11/c1-19-13-14-37(10)18-44-33(41)23(5)31(46-27-17-35(7,43-12)32(40)24(6)45-27)22(4)30(21(3)15-20(2)28(19)38)48-34-29(39)25(36(8)9)16-26(42-11)47-34/h19-27,29-32,34,39-40H,13-18H2,1-12H3/t19-,20-,21-,22-,23-,24+,25+,26+,27?,29-,30+,31+,32+,34?,35-/m1/s1. The first-order chi connectivity index (χ1) is 22.4. The highest BCUT2D eigenvalue weighted by Gasteiger charge is 2.49. The lowest BCUT2D eigenvalue weighted by Gasteiger charge is -2.47. The van der Waals surface area contributed by atoms with Crippen molar-refractivity contribution >= 4 is 11.8 Å². The number of cyclic esters (lactones) is 1. The second-order valence-corrected chi connectivity index (χ2v) is 15.1. The summed E-state index contributed by atoms with van der Waals surface area (Å²) >= 11 is 0. The number of nitrogens with zero attached hydrogens (tertiary/aromatic N) is 2. The van der Waals surface area contributed by atoms with E-state index in [0.29, 0.717) is 25.8 Å². The molecular weight excluding hydrogens is 624 g/mol. The van der Waals surface area contributed by atoms with E-state index in [4.69, 9.17) is 33.2 Å². The Balaban J connectivity index is 2.05. The van der Waals surface area contributed by atoms with Gasteiger partial charge in [-0.15, -0.1) is 0 Å². The summed E-state index contributed by atoms with van der Waals surface area (Å²) in [7, 11) is 8.73. The average Bonchev–Trinajstić information content (AvgIpc) is 3.05. The summed E-state index contributed by atoms with van der Waals surface area (Å²) < 4.78 is 42.8. The summed E-state index contributed by atoms with van der Waals surface area (Å²) in [6.07, 6.45) is -4.55. The smallest absolute Gasteiger partial charge is 0.312 e. The van der Waals surface area contributed by atoms with Crippen molar-refractivity contribution in [2.75, 3.05) is 48.6 Å². The summed E-state index contributed by atoms with van der Waals surface area (Å²) in [6.45, 7) is 13.8. The molecule has 280 valence electrons. The number of ketones is 1. The molecule has 3 aliphatic heterocycles. The number of methoxy groups -OCH3 is 2. The van der Waals surface area contributed by atoms with Gasteiger partial charge < -0.3 is 48.3 Å². The highest BCUT2D eigenvalue weighted by atomic mass is 16.8. The molecule has 0 aromatic heterocycles. The number of ether oxygens (including phenoxy) is 7. The molecule has 13 nitrogen and oxygen atoms in total. The Labute approximate surface area is 287 Å². The molecule has 0 aromatic rings. The first kappa shape index (κ1) is 41.2. The minimum Gasteiger partial charge on any atom is -0.449 e. The number of carbonyl (C=O) groups excluding carboxylic acids is 2. The Morgan fingerprint density at radius 2 is 1.58 bits per heavy atom. The second kappa shape index (κ2) is 17.8. The molecule has 3 rings (SSSR count). The van der Waals surface area contributed by atoms with Crippen molar-refractivity contribution in [3.05, 3.63) is 0 Å². The molecule has 0 amide bonds. The van der Waals surface area contributed by atoms with E-state index in [0.717, 1.165) is 0 Å². The van der Waals surface area contributed by atoms with Gasteiger partial charge in [0.15, 0.2) is 18.9 Å². The van der Waals surface area contributed by atoms with Crippen molar-refractivity contribution in [1.82, 2.24) is 9.80 Å². The van der Waals surface area contributed by atoms with Gasteiger partial charge in [0.05, 0.1) is 29.8 Å². The van der Waals surface area contributed by atoms with Crippen LogP contribution in [0.4, 0.5) is 0 Å². The van der Waals surface area contributed by atoms with Crippen LogP contribution in [0.2, 0.25) is 0 Å². The van der Waals surface area contributed by atoms with Gasteiger partial charge in [-0.1, -0.05) is 27.7 Å². The van der Waals surface area contributed by atoms with E-state index < -0.39 is 72.8 Å². The molecule has 15 atom stereocenters. The fourth-order valence-electron chi connectivity index (χ4n) is 7.52. The van der Waals surface area contributed by atoms with Crippen LogP contribution in [0.1, 0.15) is 74.1 Å². The van der Waals surface area contributed by atoms with Crippen LogP contribution in [0.5, 0.6) is 0 Å². The van der Waals surface area contributed by atoms with Gasteiger partial charge in [-0.2, -0.15) is 0 Å². The van der Waals surface area contributed by atoms with E-state index in [2.05, 4.69) is 0 Å². The molecule has 3 saturated heterocycles. The van der Waals surface area contributed by atoms with E-state index in [-0.39, 0.29) is 42.7 Å². The van der Waals surface area contributed by atoms with Crippen LogP contribution in [0.3, 0.4) is 0 Å². The number of aliphatic hydroxyl groups excluding tert-OH is 2. The highest BCUT2D eigenvalue weighted by Crippen LogP contribution is 2.38. The van der Waals surface area contributed by atoms with Gasteiger partial charge in [-0.3, -0.25) is 14.5 Å². The van der Waals surface area contributed by atoms with E-state index in [1.54, 1.807) is 28.1 Å². The minimum absolute atomic E-state index is 0.0639. The highest BCUT2D eigenvalue weighted by molar-refractivity contribution is 5.82. The third kappa shape index (κ3) is 9.95. The topological polar surface area (TPSA) is 146 Å². The van der Waals surface area contributed by atoms with Crippen LogP contribution in [-0.2, 0) is 42.7 Å². The van der Waals surface area contributed by atoms with E-state index in [1.165, 1.54) is 0 Å². The molecule has 0 saturated carbocycles. The van der Waals surface area contributed by atoms with Crippen molar-refractivity contribution in [3.8, 4) is 0 Å². The zero-order valence-electron chi connectivity index (χ0n) is 31.3. The predicted octanol–water partition coefficient (Wildman–Crippen LogP) is 2.64. The molecule has 0 bridgehead atoms. The largest absolute Gasteiger partial charge is 0.449 e. The lowest BCUT2D eigenvalue weighted by atomic mass is 9.78. The summed E-state index contributed by atoms with van der Waals surface area (Å²) in [5.41, 5.74) is -0.941. The summed E-state index contributed by atoms with van der Waals surface area (Å²) in [4.78, 5) is 31.0. The summed E-state index contributed by atoms with van der Waals surface area (Å²) in [6, 6.07) is -0.295. The van der Waals surface area contributed by atoms with Gasteiger partial charge in [-0.25, -0.2) is 0 Å².